The molecule has 0 bridgehead atoms. The zero-order chi connectivity index (χ0) is 32.6. The third-order valence-electron chi connectivity index (χ3n) is 8.55. The standard InChI is InChI=1S/C42H26N6O/c1-2-9-27(10-3-1)40-46-41(31-16-18-38-34(24-31)32-17-15-30(25-39(32)49-38)37-14-5-7-21-45-37)48-42(47-40)33-19-22-43-26-35(33)28-11-8-12-29(23-28)36-13-4-6-20-44-36/h1-26H. The first-order valence-electron chi connectivity index (χ1n) is 15.9. The second-order valence-electron chi connectivity index (χ2n) is 11.6. The highest BCUT2D eigenvalue weighted by atomic mass is 16.3. The first-order valence-corrected chi connectivity index (χ1v) is 15.9. The largest absolute Gasteiger partial charge is 0.456 e. The quantitative estimate of drug-likeness (QED) is 0.181. The second-order valence-corrected chi connectivity index (χ2v) is 11.6. The Bertz CT molecular complexity index is 2600. The van der Waals surface area contributed by atoms with Gasteiger partial charge in [-0.15, -0.1) is 0 Å². The molecule has 0 radical (unpaired) electrons. The Hall–Kier alpha value is -6.86. The van der Waals surface area contributed by atoms with Crippen molar-refractivity contribution in [1.82, 2.24) is 29.9 Å². The molecule has 0 saturated heterocycles. The van der Waals surface area contributed by atoms with Crippen LogP contribution >= 0.6 is 0 Å². The molecule has 0 aliphatic carbocycles. The Kier molecular flexibility index (Phi) is 6.98. The van der Waals surface area contributed by atoms with Gasteiger partial charge in [0.1, 0.15) is 11.2 Å². The van der Waals surface area contributed by atoms with Crippen LogP contribution in [-0.4, -0.2) is 29.9 Å². The highest BCUT2D eigenvalue weighted by Gasteiger charge is 2.18. The van der Waals surface area contributed by atoms with E-state index in [2.05, 4.69) is 51.4 Å². The van der Waals surface area contributed by atoms with Crippen molar-refractivity contribution >= 4 is 21.9 Å². The van der Waals surface area contributed by atoms with Gasteiger partial charge >= 0.3 is 0 Å². The van der Waals surface area contributed by atoms with Crippen molar-refractivity contribution < 1.29 is 4.42 Å². The number of aromatic nitrogens is 6. The van der Waals surface area contributed by atoms with Crippen molar-refractivity contribution in [3.63, 3.8) is 0 Å². The van der Waals surface area contributed by atoms with E-state index in [1.165, 1.54) is 0 Å². The summed E-state index contributed by atoms with van der Waals surface area (Å²) in [5.74, 6) is 1.71. The van der Waals surface area contributed by atoms with Crippen molar-refractivity contribution in [3.8, 4) is 67.8 Å². The highest BCUT2D eigenvalue weighted by molar-refractivity contribution is 6.07. The monoisotopic (exact) mass is 630 g/mol. The molecule has 7 heteroatoms. The summed E-state index contributed by atoms with van der Waals surface area (Å²) in [7, 11) is 0. The van der Waals surface area contributed by atoms with E-state index in [1.54, 1.807) is 18.6 Å². The number of fused-ring (bicyclic) bond motifs is 3. The molecular weight excluding hydrogens is 605 g/mol. The normalized spacial score (nSPS) is 11.3. The van der Waals surface area contributed by atoms with E-state index in [1.807, 2.05) is 103 Å². The van der Waals surface area contributed by atoms with Gasteiger partial charge in [0.15, 0.2) is 17.5 Å². The Balaban J connectivity index is 1.18. The van der Waals surface area contributed by atoms with E-state index >= 15 is 0 Å². The molecule has 9 rings (SSSR count). The molecule has 0 fully saturated rings. The van der Waals surface area contributed by atoms with Crippen LogP contribution in [0.5, 0.6) is 0 Å². The van der Waals surface area contributed by atoms with Gasteiger partial charge in [-0.05, 0) is 72.3 Å². The van der Waals surface area contributed by atoms with Crippen LogP contribution in [0.1, 0.15) is 0 Å². The van der Waals surface area contributed by atoms with Crippen LogP contribution in [0.3, 0.4) is 0 Å². The summed E-state index contributed by atoms with van der Waals surface area (Å²) in [6.07, 6.45) is 7.24. The van der Waals surface area contributed by atoms with Crippen LogP contribution in [0.25, 0.3) is 89.7 Å². The van der Waals surface area contributed by atoms with E-state index in [4.69, 9.17) is 19.4 Å². The zero-order valence-electron chi connectivity index (χ0n) is 26.1. The number of rotatable bonds is 6. The van der Waals surface area contributed by atoms with Gasteiger partial charge in [0, 0.05) is 68.9 Å². The van der Waals surface area contributed by atoms with Crippen LogP contribution in [0.2, 0.25) is 0 Å². The molecule has 5 heterocycles. The highest BCUT2D eigenvalue weighted by Crippen LogP contribution is 2.36. The molecule has 5 aromatic heterocycles. The summed E-state index contributed by atoms with van der Waals surface area (Å²) in [5.41, 5.74) is 9.92. The molecule has 0 aliphatic rings. The van der Waals surface area contributed by atoms with Gasteiger partial charge in [0.2, 0.25) is 0 Å². The van der Waals surface area contributed by atoms with Crippen LogP contribution in [0.4, 0.5) is 0 Å². The summed E-state index contributed by atoms with van der Waals surface area (Å²) in [6, 6.07) is 44.3. The smallest absolute Gasteiger partial charge is 0.164 e. The number of benzene rings is 4. The zero-order valence-corrected chi connectivity index (χ0v) is 26.1. The molecule has 0 spiro atoms. The fourth-order valence-corrected chi connectivity index (χ4v) is 6.15. The van der Waals surface area contributed by atoms with Crippen molar-refractivity contribution in [3.05, 3.63) is 158 Å². The van der Waals surface area contributed by atoms with Crippen LogP contribution in [-0.2, 0) is 0 Å². The maximum atomic E-state index is 6.31. The minimum Gasteiger partial charge on any atom is -0.456 e. The number of nitrogens with zero attached hydrogens (tertiary/aromatic N) is 6. The lowest BCUT2D eigenvalue weighted by atomic mass is 9.98. The molecule has 4 aromatic carbocycles. The average Bonchev–Trinajstić information content (AvgIpc) is 3.56. The van der Waals surface area contributed by atoms with E-state index in [9.17, 15) is 0 Å². The lowest BCUT2D eigenvalue weighted by Gasteiger charge is -2.12. The minimum atomic E-state index is 0.557. The minimum absolute atomic E-state index is 0.557. The van der Waals surface area contributed by atoms with E-state index in [0.29, 0.717) is 17.5 Å². The Labute approximate surface area is 281 Å². The molecule has 7 nitrogen and oxygen atoms in total. The third kappa shape index (κ3) is 5.39. The molecule has 0 aliphatic heterocycles. The summed E-state index contributed by atoms with van der Waals surface area (Å²) in [4.78, 5) is 28.7. The van der Waals surface area contributed by atoms with Gasteiger partial charge in [-0.2, -0.15) is 0 Å². The number of hydrogen-bond donors (Lipinski definition) is 0. The third-order valence-corrected chi connectivity index (χ3v) is 8.55. The molecule has 230 valence electrons. The Morgan fingerprint density at radius 1 is 0.388 bits per heavy atom. The fraction of sp³-hybridized carbons (Fsp3) is 0. The second kappa shape index (κ2) is 12.1. The van der Waals surface area contributed by atoms with Crippen LogP contribution in [0.15, 0.2) is 163 Å². The molecule has 0 amide bonds. The molecule has 0 N–H and O–H groups in total. The number of hydrogen-bond acceptors (Lipinski definition) is 7. The molecule has 0 atom stereocenters. The lowest BCUT2D eigenvalue weighted by Crippen LogP contribution is -2.01. The van der Waals surface area contributed by atoms with E-state index in [0.717, 1.165) is 72.3 Å². The first-order chi connectivity index (χ1) is 24.3. The van der Waals surface area contributed by atoms with Crippen LogP contribution in [0, 0.1) is 0 Å². The molecule has 0 unspecified atom stereocenters. The SMILES string of the molecule is c1ccc(-c2nc(-c3ccc4oc5cc(-c6ccccn6)ccc5c4c3)nc(-c3ccncc3-c3cccc(-c4ccccn4)c3)n2)cc1. The van der Waals surface area contributed by atoms with Crippen molar-refractivity contribution in [2.24, 2.45) is 0 Å². The fourth-order valence-electron chi connectivity index (χ4n) is 6.15. The van der Waals surface area contributed by atoms with Gasteiger partial charge in [0.25, 0.3) is 0 Å². The van der Waals surface area contributed by atoms with Crippen LogP contribution < -0.4 is 0 Å². The van der Waals surface area contributed by atoms with E-state index in [-0.39, 0.29) is 0 Å². The van der Waals surface area contributed by atoms with Crippen molar-refractivity contribution in [1.29, 1.82) is 0 Å². The predicted molar refractivity (Wildman–Crippen MR) is 193 cm³/mol. The van der Waals surface area contributed by atoms with Gasteiger partial charge < -0.3 is 4.42 Å². The number of furan rings is 1. The van der Waals surface area contributed by atoms with Gasteiger partial charge in [-0.1, -0.05) is 66.7 Å². The maximum absolute atomic E-state index is 6.31. The average molecular weight is 631 g/mol. The van der Waals surface area contributed by atoms with Crippen molar-refractivity contribution in [2.75, 3.05) is 0 Å². The molecule has 9 aromatic rings. The van der Waals surface area contributed by atoms with Gasteiger partial charge in [0.05, 0.1) is 11.4 Å². The summed E-state index contributed by atoms with van der Waals surface area (Å²) in [6.45, 7) is 0. The maximum Gasteiger partial charge on any atom is 0.164 e. The first kappa shape index (κ1) is 28.4. The summed E-state index contributed by atoms with van der Waals surface area (Å²) < 4.78 is 6.31. The summed E-state index contributed by atoms with van der Waals surface area (Å²) >= 11 is 0. The molecule has 0 saturated carbocycles. The Morgan fingerprint density at radius 2 is 1.06 bits per heavy atom. The van der Waals surface area contributed by atoms with Gasteiger partial charge in [-0.3, -0.25) is 15.0 Å². The predicted octanol–water partition coefficient (Wildman–Crippen LogP) is 9.96. The summed E-state index contributed by atoms with van der Waals surface area (Å²) in [5, 5.41) is 2.00. The van der Waals surface area contributed by atoms with Gasteiger partial charge in [-0.25, -0.2) is 15.0 Å². The lowest BCUT2D eigenvalue weighted by molar-refractivity contribution is 0.669. The Morgan fingerprint density at radius 3 is 1.84 bits per heavy atom. The molecule has 49 heavy (non-hydrogen) atoms. The topological polar surface area (TPSA) is 90.5 Å². The van der Waals surface area contributed by atoms with Crippen molar-refractivity contribution in [2.45, 2.75) is 0 Å². The molecular formula is C42H26N6O. The number of pyridine rings is 3. The van der Waals surface area contributed by atoms with E-state index < -0.39 is 0 Å².